The van der Waals surface area contributed by atoms with Crippen molar-refractivity contribution in [2.24, 2.45) is 5.41 Å². The van der Waals surface area contributed by atoms with Crippen molar-refractivity contribution in [3.05, 3.63) is 16.3 Å². The first kappa shape index (κ1) is 15.7. The smallest absolute Gasteiger partial charge is 0.359 e. The predicted octanol–water partition coefficient (Wildman–Crippen LogP) is 3.65. The van der Waals surface area contributed by atoms with Crippen LogP contribution in [0.4, 0.5) is 0 Å². The minimum Gasteiger partial charge on any atom is -0.486 e. The van der Waals surface area contributed by atoms with Crippen molar-refractivity contribution in [1.82, 2.24) is 0 Å². The Hall–Kier alpha value is -1.36. The summed E-state index contributed by atoms with van der Waals surface area (Å²) in [7, 11) is 0. The van der Waals surface area contributed by atoms with Crippen LogP contribution < -0.4 is 4.74 Å². The molecule has 106 valence electrons. The van der Waals surface area contributed by atoms with Gasteiger partial charge < -0.3 is 9.47 Å². The third-order valence-electron chi connectivity index (χ3n) is 2.03. The Morgan fingerprint density at radius 1 is 1.11 bits per heavy atom. The van der Waals surface area contributed by atoms with Crippen LogP contribution in [0.25, 0.3) is 0 Å². The van der Waals surface area contributed by atoms with Gasteiger partial charge in [-0.1, -0.05) is 0 Å². The molecule has 0 bridgehead atoms. The molecule has 19 heavy (non-hydrogen) atoms. The molecule has 1 heterocycles. The molecule has 0 N–H and O–H groups in total. The third kappa shape index (κ3) is 4.67. The molecule has 0 aliphatic heterocycles. The largest absolute Gasteiger partial charge is 0.486 e. The van der Waals surface area contributed by atoms with E-state index in [-0.39, 0.29) is 0 Å². The highest BCUT2D eigenvalue weighted by atomic mass is 32.1. The number of hydrogen-bond donors (Lipinski definition) is 0. The Balaban J connectivity index is 2.85. The molecule has 5 heteroatoms. The number of rotatable bonds is 2. The van der Waals surface area contributed by atoms with Gasteiger partial charge in [0.05, 0.1) is 5.41 Å². The van der Waals surface area contributed by atoms with E-state index in [1.165, 1.54) is 11.3 Å². The topological polar surface area (TPSA) is 52.6 Å². The number of thiophene rings is 1. The van der Waals surface area contributed by atoms with Gasteiger partial charge in [-0.3, -0.25) is 4.79 Å². The lowest BCUT2D eigenvalue weighted by molar-refractivity contribution is -0.146. The van der Waals surface area contributed by atoms with Gasteiger partial charge in [0.2, 0.25) is 0 Å². The summed E-state index contributed by atoms with van der Waals surface area (Å²) in [5.41, 5.74) is -1.12. The normalized spacial score (nSPS) is 12.1. The molecule has 0 radical (unpaired) electrons. The monoisotopic (exact) mass is 284 g/mol. The van der Waals surface area contributed by atoms with Crippen molar-refractivity contribution in [3.8, 4) is 5.75 Å². The van der Waals surface area contributed by atoms with Gasteiger partial charge in [0.25, 0.3) is 0 Å². The summed E-state index contributed by atoms with van der Waals surface area (Å²) < 4.78 is 10.5. The second kappa shape index (κ2) is 5.33. The van der Waals surface area contributed by atoms with Gasteiger partial charge in [-0.05, 0) is 53.0 Å². The molecule has 4 nitrogen and oxygen atoms in total. The average Bonchev–Trinajstić information content (AvgIpc) is 2.61. The van der Waals surface area contributed by atoms with E-state index >= 15 is 0 Å². The first-order valence-corrected chi connectivity index (χ1v) is 6.92. The Bertz CT molecular complexity index is 474. The summed E-state index contributed by atoms with van der Waals surface area (Å²) in [6.07, 6.45) is 0. The molecule has 0 aliphatic carbocycles. The fourth-order valence-corrected chi connectivity index (χ4v) is 1.83. The number of ether oxygens (including phenoxy) is 2. The van der Waals surface area contributed by atoms with Crippen LogP contribution in [0.3, 0.4) is 0 Å². The zero-order chi connectivity index (χ0) is 14.8. The quantitative estimate of drug-likeness (QED) is 0.614. The highest BCUT2D eigenvalue weighted by Gasteiger charge is 2.28. The lowest BCUT2D eigenvalue weighted by atomic mass is 9.97. The van der Waals surface area contributed by atoms with E-state index in [4.69, 9.17) is 9.47 Å². The molecule has 0 atom stereocenters. The van der Waals surface area contributed by atoms with Crippen LogP contribution in [0, 0.1) is 5.41 Å². The first-order valence-electron chi connectivity index (χ1n) is 6.04. The van der Waals surface area contributed by atoms with E-state index in [0.29, 0.717) is 10.6 Å². The molecule has 0 amide bonds. The number of esters is 2. The molecule has 1 rings (SSSR count). The van der Waals surface area contributed by atoms with Crippen molar-refractivity contribution in [3.63, 3.8) is 0 Å². The maximum Gasteiger partial charge on any atom is 0.359 e. The molecule has 1 aromatic rings. The van der Waals surface area contributed by atoms with Crippen molar-refractivity contribution in [1.29, 1.82) is 0 Å². The standard InChI is InChI=1S/C14H20O4S/c1-13(2,3)12(16)17-11(15)10-9(7-8-19-10)18-14(4,5)6/h7-8H,1-6H3. The molecule has 1 aromatic heterocycles. The fourth-order valence-electron chi connectivity index (χ4n) is 1.14. The second-order valence-electron chi connectivity index (χ2n) is 6.26. The lowest BCUT2D eigenvalue weighted by Crippen LogP contribution is -2.27. The third-order valence-corrected chi connectivity index (χ3v) is 2.90. The van der Waals surface area contributed by atoms with Crippen molar-refractivity contribution in [2.75, 3.05) is 0 Å². The van der Waals surface area contributed by atoms with Crippen LogP contribution in [0.15, 0.2) is 11.4 Å². The van der Waals surface area contributed by atoms with E-state index in [1.807, 2.05) is 20.8 Å². The highest BCUT2D eigenvalue weighted by molar-refractivity contribution is 7.12. The van der Waals surface area contributed by atoms with Gasteiger partial charge in [-0.25, -0.2) is 4.79 Å². The van der Waals surface area contributed by atoms with Crippen LogP contribution >= 0.6 is 11.3 Å². The van der Waals surface area contributed by atoms with E-state index in [9.17, 15) is 9.59 Å². The Labute approximate surface area is 117 Å². The van der Waals surface area contributed by atoms with Crippen molar-refractivity contribution >= 4 is 23.3 Å². The Morgan fingerprint density at radius 3 is 2.16 bits per heavy atom. The highest BCUT2D eigenvalue weighted by Crippen LogP contribution is 2.29. The van der Waals surface area contributed by atoms with E-state index in [1.54, 1.807) is 32.2 Å². The second-order valence-corrected chi connectivity index (χ2v) is 7.17. The summed E-state index contributed by atoms with van der Waals surface area (Å²) in [4.78, 5) is 24.0. The zero-order valence-corrected chi connectivity index (χ0v) is 13.0. The fraction of sp³-hybridized carbons (Fsp3) is 0.571. The minimum absolute atomic E-state index is 0.313. The van der Waals surface area contributed by atoms with E-state index < -0.39 is 23.0 Å². The lowest BCUT2D eigenvalue weighted by Gasteiger charge is -2.21. The zero-order valence-electron chi connectivity index (χ0n) is 12.2. The minimum atomic E-state index is -0.710. The van der Waals surface area contributed by atoms with Crippen molar-refractivity contribution < 1.29 is 19.1 Å². The van der Waals surface area contributed by atoms with Crippen LogP contribution in [0.2, 0.25) is 0 Å². The molecule has 0 unspecified atom stereocenters. The summed E-state index contributed by atoms with van der Waals surface area (Å²) in [5.74, 6) is -0.758. The number of carbonyl (C=O) groups is 2. The van der Waals surface area contributed by atoms with Crippen LogP contribution in [0.1, 0.15) is 51.2 Å². The molecule has 0 spiro atoms. The van der Waals surface area contributed by atoms with E-state index in [2.05, 4.69) is 0 Å². The summed E-state index contributed by atoms with van der Waals surface area (Å²) in [6, 6.07) is 1.70. The number of hydrogen-bond acceptors (Lipinski definition) is 5. The van der Waals surface area contributed by atoms with Crippen LogP contribution in [-0.2, 0) is 9.53 Å². The molecular weight excluding hydrogens is 264 g/mol. The molecule has 0 saturated carbocycles. The maximum atomic E-state index is 12.0. The maximum absolute atomic E-state index is 12.0. The van der Waals surface area contributed by atoms with Gasteiger partial charge in [-0.15, -0.1) is 11.3 Å². The van der Waals surface area contributed by atoms with E-state index in [0.717, 1.165) is 0 Å². The molecular formula is C14H20O4S. The van der Waals surface area contributed by atoms with Crippen LogP contribution in [0.5, 0.6) is 5.75 Å². The van der Waals surface area contributed by atoms with Crippen LogP contribution in [-0.4, -0.2) is 17.5 Å². The molecule has 0 saturated heterocycles. The van der Waals surface area contributed by atoms with Gasteiger partial charge in [0.15, 0.2) is 4.88 Å². The Kier molecular flexibility index (Phi) is 4.40. The van der Waals surface area contributed by atoms with Gasteiger partial charge in [0, 0.05) is 0 Å². The van der Waals surface area contributed by atoms with Gasteiger partial charge in [0.1, 0.15) is 11.4 Å². The van der Waals surface area contributed by atoms with Crippen molar-refractivity contribution in [2.45, 2.75) is 47.1 Å². The number of carbonyl (C=O) groups excluding carboxylic acids is 2. The Morgan fingerprint density at radius 2 is 1.68 bits per heavy atom. The summed E-state index contributed by atoms with van der Waals surface area (Å²) in [5, 5.41) is 1.74. The van der Waals surface area contributed by atoms with Gasteiger partial charge >= 0.3 is 11.9 Å². The molecule has 0 aromatic carbocycles. The van der Waals surface area contributed by atoms with Gasteiger partial charge in [-0.2, -0.15) is 0 Å². The average molecular weight is 284 g/mol. The molecule has 0 fully saturated rings. The molecule has 0 aliphatic rings. The SMILES string of the molecule is CC(C)(C)Oc1ccsc1C(=O)OC(=O)C(C)(C)C. The summed E-state index contributed by atoms with van der Waals surface area (Å²) >= 11 is 1.20. The predicted molar refractivity (Wildman–Crippen MR) is 74.6 cm³/mol. The first-order chi connectivity index (χ1) is 8.50. The summed E-state index contributed by atoms with van der Waals surface area (Å²) in [6.45, 7) is 10.8.